The Kier molecular flexibility index (Phi) is 5.04. The molecule has 10 heteroatoms. The molecule has 1 aromatic heterocycles. The number of Topliss-reactive ketones (excluding diaryl/α,β-unsaturated/α-hetero) is 1. The van der Waals surface area contributed by atoms with Gasteiger partial charge in [0.25, 0.3) is 5.69 Å². The van der Waals surface area contributed by atoms with Gasteiger partial charge in [-0.2, -0.15) is 10.1 Å². The average Bonchev–Trinajstić information content (AvgIpc) is 3.30. The van der Waals surface area contributed by atoms with Crippen molar-refractivity contribution in [3.8, 4) is 11.5 Å². The van der Waals surface area contributed by atoms with Crippen molar-refractivity contribution in [2.24, 2.45) is 0 Å². The van der Waals surface area contributed by atoms with Gasteiger partial charge in [-0.25, -0.2) is 4.68 Å². The van der Waals surface area contributed by atoms with Crippen LogP contribution in [0.15, 0.2) is 60.1 Å². The molecule has 0 spiro atoms. The number of carbonyl (C=O) groups excluding carboxylic acids is 1. The van der Waals surface area contributed by atoms with Gasteiger partial charge < -0.3 is 14.8 Å². The molecule has 0 saturated heterocycles. The number of nitro benzene ring substituents is 1. The van der Waals surface area contributed by atoms with Gasteiger partial charge in [-0.15, -0.1) is 0 Å². The van der Waals surface area contributed by atoms with E-state index >= 15 is 0 Å². The monoisotopic (exact) mass is 447 g/mol. The Morgan fingerprint density at radius 2 is 1.79 bits per heavy atom. The van der Waals surface area contributed by atoms with Crippen LogP contribution in [0.4, 0.5) is 11.6 Å². The molecule has 0 saturated carbocycles. The largest absolute Gasteiger partial charge is 0.493 e. The van der Waals surface area contributed by atoms with Crippen molar-refractivity contribution in [1.82, 2.24) is 14.8 Å². The molecule has 5 rings (SSSR count). The lowest BCUT2D eigenvalue weighted by Crippen LogP contribution is -2.33. The smallest absolute Gasteiger partial charge is 0.269 e. The van der Waals surface area contributed by atoms with Crippen LogP contribution in [-0.2, 0) is 4.79 Å². The molecule has 2 aromatic carbocycles. The summed E-state index contributed by atoms with van der Waals surface area (Å²) in [6, 6.07) is 11.4. The Bertz CT molecular complexity index is 1280. The first-order valence-corrected chi connectivity index (χ1v) is 10.4. The van der Waals surface area contributed by atoms with Crippen LogP contribution in [0.2, 0.25) is 0 Å². The summed E-state index contributed by atoms with van der Waals surface area (Å²) in [5.74, 6) is 1.72. The van der Waals surface area contributed by atoms with Crippen molar-refractivity contribution in [1.29, 1.82) is 0 Å². The van der Waals surface area contributed by atoms with Gasteiger partial charge in [-0.1, -0.05) is 6.07 Å². The van der Waals surface area contributed by atoms with E-state index in [9.17, 15) is 14.9 Å². The number of hydrogen-bond donors (Lipinski definition) is 1. The van der Waals surface area contributed by atoms with Crippen molar-refractivity contribution in [2.75, 3.05) is 19.5 Å². The van der Waals surface area contributed by atoms with Crippen molar-refractivity contribution < 1.29 is 19.2 Å². The first-order chi connectivity index (χ1) is 16.0. The third kappa shape index (κ3) is 3.49. The number of ketones is 1. The fourth-order valence-corrected chi connectivity index (χ4v) is 4.58. The SMILES string of the molecule is COc1ccc([C@H]2CC(=O)C3=C(C2)Nc2ncnn2[C@@H]3c2ccc([N+](=O)[O-])cc2)cc1OC. The summed E-state index contributed by atoms with van der Waals surface area (Å²) in [6.45, 7) is 0. The number of nitrogens with zero attached hydrogens (tertiary/aromatic N) is 4. The highest BCUT2D eigenvalue weighted by Gasteiger charge is 2.39. The Morgan fingerprint density at radius 1 is 1.06 bits per heavy atom. The molecule has 1 aliphatic carbocycles. The number of hydrogen-bond acceptors (Lipinski definition) is 8. The minimum absolute atomic E-state index is 0.00645. The van der Waals surface area contributed by atoms with Gasteiger partial charge in [0.2, 0.25) is 5.95 Å². The van der Waals surface area contributed by atoms with Crippen LogP contribution < -0.4 is 14.8 Å². The highest BCUT2D eigenvalue weighted by atomic mass is 16.6. The molecule has 3 aromatic rings. The van der Waals surface area contributed by atoms with Gasteiger partial charge >= 0.3 is 0 Å². The Morgan fingerprint density at radius 3 is 2.48 bits per heavy atom. The number of non-ortho nitro benzene ring substituents is 1. The van der Waals surface area contributed by atoms with E-state index in [-0.39, 0.29) is 17.4 Å². The number of nitro groups is 1. The van der Waals surface area contributed by atoms with Crippen molar-refractivity contribution in [3.63, 3.8) is 0 Å². The summed E-state index contributed by atoms with van der Waals surface area (Å²) in [5.41, 5.74) is 3.10. The summed E-state index contributed by atoms with van der Waals surface area (Å²) in [5, 5.41) is 18.7. The molecule has 2 aliphatic rings. The predicted molar refractivity (Wildman–Crippen MR) is 118 cm³/mol. The van der Waals surface area contributed by atoms with Crippen LogP contribution in [0, 0.1) is 10.1 Å². The second kappa shape index (κ2) is 8.05. The standard InChI is InChI=1S/C23H21N5O5/c1-32-19-8-5-14(11-20(19)33-2)15-9-17-21(18(29)10-15)22(27-23(26-17)24-12-25-27)13-3-6-16(7-4-13)28(30)31/h3-8,11-12,15,22H,9-10H2,1-2H3,(H,24,25,26)/t15-,22-/m1/s1. The average molecular weight is 447 g/mol. The number of fused-ring (bicyclic) bond motifs is 1. The number of allylic oxidation sites excluding steroid dienone is 2. The first kappa shape index (κ1) is 20.7. The highest BCUT2D eigenvalue weighted by Crippen LogP contribution is 2.45. The second-order valence-corrected chi connectivity index (χ2v) is 7.94. The molecular formula is C23H21N5O5. The molecule has 10 nitrogen and oxygen atoms in total. The summed E-state index contributed by atoms with van der Waals surface area (Å²) in [4.78, 5) is 28.4. The van der Waals surface area contributed by atoms with Gasteiger partial charge in [0, 0.05) is 29.8 Å². The molecule has 0 radical (unpaired) electrons. The maximum absolute atomic E-state index is 13.5. The van der Waals surface area contributed by atoms with E-state index in [1.165, 1.54) is 18.5 Å². The molecule has 0 bridgehead atoms. The second-order valence-electron chi connectivity index (χ2n) is 7.94. The van der Waals surface area contributed by atoms with E-state index in [2.05, 4.69) is 15.4 Å². The molecular weight excluding hydrogens is 426 g/mol. The maximum atomic E-state index is 13.5. The topological polar surface area (TPSA) is 121 Å². The van der Waals surface area contributed by atoms with Crippen LogP contribution >= 0.6 is 0 Å². The Hall–Kier alpha value is -4.21. The van der Waals surface area contributed by atoms with E-state index in [0.717, 1.165) is 16.8 Å². The molecule has 33 heavy (non-hydrogen) atoms. The van der Waals surface area contributed by atoms with Crippen LogP contribution in [0.3, 0.4) is 0 Å². The molecule has 0 unspecified atom stereocenters. The number of anilines is 1. The van der Waals surface area contributed by atoms with Crippen LogP contribution in [-0.4, -0.2) is 39.7 Å². The zero-order valence-electron chi connectivity index (χ0n) is 18.0. The van der Waals surface area contributed by atoms with E-state index < -0.39 is 11.0 Å². The molecule has 168 valence electrons. The molecule has 2 atom stereocenters. The Labute approximate surface area is 189 Å². The third-order valence-corrected chi connectivity index (χ3v) is 6.16. The maximum Gasteiger partial charge on any atom is 0.269 e. The lowest BCUT2D eigenvalue weighted by Gasteiger charge is -2.35. The minimum atomic E-state index is -0.501. The zero-order valence-corrected chi connectivity index (χ0v) is 18.0. The van der Waals surface area contributed by atoms with Crippen molar-refractivity contribution in [3.05, 3.63) is 81.3 Å². The number of ether oxygens (including phenoxy) is 2. The summed E-state index contributed by atoms with van der Waals surface area (Å²) < 4.78 is 12.4. The quantitative estimate of drug-likeness (QED) is 0.465. The lowest BCUT2D eigenvalue weighted by atomic mass is 9.78. The van der Waals surface area contributed by atoms with Gasteiger partial charge in [0.05, 0.1) is 19.1 Å². The summed E-state index contributed by atoms with van der Waals surface area (Å²) in [6.07, 6.45) is 2.35. The fraction of sp³-hybridized carbons (Fsp3) is 0.261. The highest BCUT2D eigenvalue weighted by molar-refractivity contribution is 6.00. The minimum Gasteiger partial charge on any atom is -0.493 e. The number of methoxy groups -OCH3 is 2. The molecule has 2 heterocycles. The van der Waals surface area contributed by atoms with E-state index in [1.54, 1.807) is 31.0 Å². The molecule has 1 aliphatic heterocycles. The first-order valence-electron chi connectivity index (χ1n) is 10.4. The number of carbonyl (C=O) groups is 1. The van der Waals surface area contributed by atoms with Gasteiger partial charge in [0.15, 0.2) is 17.3 Å². The summed E-state index contributed by atoms with van der Waals surface area (Å²) in [7, 11) is 3.16. The number of benzene rings is 2. The van der Waals surface area contributed by atoms with Crippen molar-refractivity contribution >= 4 is 17.4 Å². The molecule has 0 amide bonds. The zero-order chi connectivity index (χ0) is 23.1. The third-order valence-electron chi connectivity index (χ3n) is 6.16. The summed E-state index contributed by atoms with van der Waals surface area (Å²) >= 11 is 0. The van der Waals surface area contributed by atoms with E-state index in [0.29, 0.717) is 35.9 Å². The predicted octanol–water partition coefficient (Wildman–Crippen LogP) is 3.62. The van der Waals surface area contributed by atoms with Gasteiger partial charge in [0.1, 0.15) is 12.4 Å². The normalized spacial score (nSPS) is 19.4. The van der Waals surface area contributed by atoms with Gasteiger partial charge in [-0.3, -0.25) is 14.9 Å². The number of aromatic nitrogens is 3. The Balaban J connectivity index is 1.54. The van der Waals surface area contributed by atoms with E-state index in [1.807, 2.05) is 18.2 Å². The van der Waals surface area contributed by atoms with Crippen molar-refractivity contribution in [2.45, 2.75) is 24.8 Å². The number of rotatable bonds is 5. The fourth-order valence-electron chi connectivity index (χ4n) is 4.58. The number of nitrogens with one attached hydrogen (secondary N) is 1. The van der Waals surface area contributed by atoms with Crippen LogP contribution in [0.25, 0.3) is 0 Å². The van der Waals surface area contributed by atoms with Gasteiger partial charge in [-0.05, 0) is 47.7 Å². The lowest BCUT2D eigenvalue weighted by molar-refractivity contribution is -0.384. The van der Waals surface area contributed by atoms with Crippen LogP contribution in [0.5, 0.6) is 11.5 Å². The van der Waals surface area contributed by atoms with E-state index in [4.69, 9.17) is 9.47 Å². The molecule has 1 N–H and O–H groups in total. The molecule has 0 fully saturated rings. The van der Waals surface area contributed by atoms with Crippen LogP contribution in [0.1, 0.15) is 35.9 Å².